The van der Waals surface area contributed by atoms with Crippen molar-refractivity contribution in [2.45, 2.75) is 82.7 Å². The Labute approximate surface area is 280 Å². The lowest BCUT2D eigenvalue weighted by atomic mass is 10.0. The molecule has 3 atom stereocenters. The van der Waals surface area contributed by atoms with Crippen LogP contribution in [0.25, 0.3) is 0 Å². The van der Waals surface area contributed by atoms with Gasteiger partial charge in [0.2, 0.25) is 11.8 Å². The van der Waals surface area contributed by atoms with Crippen LogP contribution in [0.2, 0.25) is 6.04 Å². The number of fused-ring (bicyclic) bond motifs is 1. The van der Waals surface area contributed by atoms with E-state index in [0.717, 1.165) is 31.4 Å². The summed E-state index contributed by atoms with van der Waals surface area (Å²) in [6.45, 7) is 11.8. The molecule has 14 nitrogen and oxygen atoms in total. The van der Waals surface area contributed by atoms with E-state index >= 15 is 0 Å². The van der Waals surface area contributed by atoms with Gasteiger partial charge in [-0.3, -0.25) is 9.59 Å². The van der Waals surface area contributed by atoms with Gasteiger partial charge in [0.15, 0.2) is 0 Å². The molecule has 0 bridgehead atoms. The van der Waals surface area contributed by atoms with E-state index in [0.29, 0.717) is 110 Å². The number of hydrogen-bond donors (Lipinski definition) is 4. The summed E-state index contributed by atoms with van der Waals surface area (Å²) in [5, 5.41) is 12.2. The van der Waals surface area contributed by atoms with Gasteiger partial charge in [-0.2, -0.15) is 11.8 Å². The highest BCUT2D eigenvalue weighted by Gasteiger charge is 2.42. The fourth-order valence-corrected chi connectivity index (χ4v) is 9.33. The predicted octanol–water partition coefficient (Wildman–Crippen LogP) is 1.84. The van der Waals surface area contributed by atoms with Crippen LogP contribution in [0.1, 0.15) is 59.3 Å². The predicted molar refractivity (Wildman–Crippen MR) is 178 cm³/mol. The van der Waals surface area contributed by atoms with Crippen LogP contribution in [0.3, 0.4) is 0 Å². The molecule has 2 aliphatic heterocycles. The molecule has 2 aliphatic rings. The Hall–Kier alpha value is -1.50. The molecule has 0 aromatic rings. The quantitative estimate of drug-likeness (QED) is 0.0493. The largest absolute Gasteiger partial charge is 0.500 e. The Bertz CT molecular complexity index is 832. The van der Waals surface area contributed by atoms with Crippen LogP contribution in [-0.4, -0.2) is 136 Å². The second-order valence-electron chi connectivity index (χ2n) is 10.9. The zero-order valence-electron chi connectivity index (χ0n) is 28.1. The molecule has 268 valence electrons. The van der Waals surface area contributed by atoms with Crippen LogP contribution in [0.5, 0.6) is 0 Å². The van der Waals surface area contributed by atoms with E-state index in [4.69, 9.17) is 32.2 Å². The van der Waals surface area contributed by atoms with Crippen molar-refractivity contribution < 1.29 is 46.6 Å². The topological polar surface area (TPSA) is 164 Å². The third kappa shape index (κ3) is 17.6. The molecule has 0 saturated carbocycles. The average Bonchev–Trinajstić information content (AvgIpc) is 3.59. The number of amides is 4. The molecule has 2 fully saturated rings. The van der Waals surface area contributed by atoms with Crippen LogP contribution in [0, 0.1) is 0 Å². The standard InChI is InChI=1S/C30H58N4O10SSi/c1-4-42-46(43-5-2,44-6-3)23-9-13-31-28(36)12-15-38-17-19-40-21-22-41-20-18-39-16-14-32-27(35)11-8-7-10-26-29-25(24-45-26)33-30(37)34-29/h25-26,29H,4-24H2,1-3H3,(H,31,36)(H,32,35)(H2,33,34,37)/t25-,26-,29-/m0/s1. The van der Waals surface area contributed by atoms with Gasteiger partial charge in [0.05, 0.1) is 64.9 Å². The minimum Gasteiger partial charge on any atom is -0.379 e. The van der Waals surface area contributed by atoms with E-state index < -0.39 is 8.80 Å². The summed E-state index contributed by atoms with van der Waals surface area (Å²) in [7, 11) is -2.67. The molecular formula is C30H58N4O10SSi. The first kappa shape index (κ1) is 40.7. The summed E-state index contributed by atoms with van der Waals surface area (Å²) in [5.41, 5.74) is 0. The zero-order valence-corrected chi connectivity index (χ0v) is 29.9. The molecule has 4 N–H and O–H groups in total. The van der Waals surface area contributed by atoms with Gasteiger partial charge in [0.25, 0.3) is 0 Å². The van der Waals surface area contributed by atoms with Gasteiger partial charge < -0.3 is 53.5 Å². The summed E-state index contributed by atoms with van der Waals surface area (Å²) in [6.07, 6.45) is 4.34. The first-order valence-electron chi connectivity index (χ1n) is 16.9. The fraction of sp³-hybridized carbons (Fsp3) is 0.900. The van der Waals surface area contributed by atoms with Crippen molar-refractivity contribution in [3.8, 4) is 0 Å². The third-order valence-electron chi connectivity index (χ3n) is 7.31. The number of ether oxygens (including phenoxy) is 4. The number of thioether (sulfide) groups is 1. The Morgan fingerprint density at radius 3 is 1.93 bits per heavy atom. The van der Waals surface area contributed by atoms with Gasteiger partial charge in [-0.1, -0.05) is 6.42 Å². The van der Waals surface area contributed by atoms with E-state index in [-0.39, 0.29) is 29.9 Å². The zero-order chi connectivity index (χ0) is 33.3. The number of carbonyl (C=O) groups is 3. The number of nitrogens with one attached hydrogen (secondary N) is 4. The van der Waals surface area contributed by atoms with Crippen LogP contribution in [-0.2, 0) is 41.8 Å². The molecule has 16 heteroatoms. The molecule has 0 aromatic heterocycles. The summed E-state index contributed by atoms with van der Waals surface area (Å²) in [5.74, 6) is 0.937. The second kappa shape index (κ2) is 25.5. The lowest BCUT2D eigenvalue weighted by Gasteiger charge is -2.28. The minimum absolute atomic E-state index is 0.0369. The van der Waals surface area contributed by atoms with E-state index in [2.05, 4.69) is 21.3 Å². The number of carbonyl (C=O) groups excluding carboxylic acids is 3. The molecule has 2 rings (SSSR count). The summed E-state index contributed by atoms with van der Waals surface area (Å²) in [4.78, 5) is 35.5. The molecule has 2 saturated heterocycles. The van der Waals surface area contributed by atoms with Gasteiger partial charge >= 0.3 is 14.8 Å². The minimum atomic E-state index is -2.67. The van der Waals surface area contributed by atoms with Crippen molar-refractivity contribution in [1.29, 1.82) is 0 Å². The molecule has 0 spiro atoms. The molecule has 0 unspecified atom stereocenters. The number of unbranched alkanes of at least 4 members (excludes halogenated alkanes) is 1. The maximum Gasteiger partial charge on any atom is 0.500 e. The van der Waals surface area contributed by atoms with Crippen molar-refractivity contribution in [3.63, 3.8) is 0 Å². The molecule has 0 radical (unpaired) electrons. The lowest BCUT2D eigenvalue weighted by molar-refractivity contribution is -0.122. The van der Waals surface area contributed by atoms with Gasteiger partial charge in [-0.15, -0.1) is 0 Å². The van der Waals surface area contributed by atoms with Crippen molar-refractivity contribution in [2.75, 3.05) is 91.5 Å². The Morgan fingerprint density at radius 2 is 1.30 bits per heavy atom. The second-order valence-corrected chi connectivity index (χ2v) is 14.9. The van der Waals surface area contributed by atoms with Crippen molar-refractivity contribution in [2.24, 2.45) is 0 Å². The Kier molecular flexibility index (Phi) is 22.6. The molecule has 0 aliphatic carbocycles. The van der Waals surface area contributed by atoms with Gasteiger partial charge in [0.1, 0.15) is 0 Å². The van der Waals surface area contributed by atoms with Crippen LogP contribution >= 0.6 is 11.8 Å². The van der Waals surface area contributed by atoms with Crippen molar-refractivity contribution in [3.05, 3.63) is 0 Å². The molecule has 46 heavy (non-hydrogen) atoms. The van der Waals surface area contributed by atoms with E-state index in [1.165, 1.54) is 0 Å². The normalized spacial score (nSPS) is 19.1. The molecule has 2 heterocycles. The van der Waals surface area contributed by atoms with E-state index in [9.17, 15) is 14.4 Å². The third-order valence-corrected chi connectivity index (χ3v) is 12.0. The number of hydrogen-bond acceptors (Lipinski definition) is 11. The van der Waals surface area contributed by atoms with E-state index in [1.807, 2.05) is 32.5 Å². The monoisotopic (exact) mass is 694 g/mol. The molecular weight excluding hydrogens is 637 g/mol. The molecule has 0 aromatic carbocycles. The average molecular weight is 695 g/mol. The van der Waals surface area contributed by atoms with Gasteiger partial charge in [-0.25, -0.2) is 4.79 Å². The van der Waals surface area contributed by atoms with E-state index in [1.54, 1.807) is 0 Å². The van der Waals surface area contributed by atoms with Crippen molar-refractivity contribution in [1.82, 2.24) is 21.3 Å². The highest BCUT2D eigenvalue weighted by atomic mass is 32.2. The number of rotatable bonds is 30. The Balaban J connectivity index is 1.29. The summed E-state index contributed by atoms with van der Waals surface area (Å²) < 4.78 is 39.4. The highest BCUT2D eigenvalue weighted by molar-refractivity contribution is 8.00. The van der Waals surface area contributed by atoms with Crippen LogP contribution in [0.4, 0.5) is 4.79 Å². The lowest BCUT2D eigenvalue weighted by Crippen LogP contribution is -2.46. The fourth-order valence-electron chi connectivity index (χ4n) is 5.17. The smallest absolute Gasteiger partial charge is 0.379 e. The summed E-state index contributed by atoms with van der Waals surface area (Å²) in [6, 6.07) is 1.07. The highest BCUT2D eigenvalue weighted by Crippen LogP contribution is 2.33. The van der Waals surface area contributed by atoms with Gasteiger partial charge in [0, 0.05) is 62.8 Å². The first-order chi connectivity index (χ1) is 22.4. The maximum absolute atomic E-state index is 12.1. The van der Waals surface area contributed by atoms with Crippen molar-refractivity contribution >= 4 is 38.4 Å². The SMILES string of the molecule is CCO[Si](CCCNC(=O)CCOCCOCCOCCOCCNC(=O)CCCC[C@@H]1SC[C@@H]2NC(=O)N[C@@H]21)(OCC)OCC. The van der Waals surface area contributed by atoms with Gasteiger partial charge in [-0.05, 0) is 40.0 Å². The first-order valence-corrected chi connectivity index (χ1v) is 19.9. The Morgan fingerprint density at radius 1 is 0.739 bits per heavy atom. The van der Waals surface area contributed by atoms with Crippen LogP contribution in [0.15, 0.2) is 0 Å². The number of urea groups is 1. The maximum atomic E-state index is 12.1. The van der Waals surface area contributed by atoms with Crippen LogP contribution < -0.4 is 21.3 Å². The molecule has 4 amide bonds. The summed E-state index contributed by atoms with van der Waals surface area (Å²) >= 11 is 1.90.